The Morgan fingerprint density at radius 1 is 1.15 bits per heavy atom. The number of hydrogen-bond acceptors (Lipinski definition) is 6. The van der Waals surface area contributed by atoms with Crippen LogP contribution in [0.2, 0.25) is 0 Å². The number of nitriles is 1. The molecular weight excluding hydrogens is 434 g/mol. The molecule has 0 aliphatic heterocycles. The molecule has 0 radical (unpaired) electrons. The third kappa shape index (κ3) is 5.34. The van der Waals surface area contributed by atoms with Gasteiger partial charge in [0.1, 0.15) is 24.0 Å². The SMILES string of the molecule is Cc1ccc(C)c(-n2cccc2/C=C(/C#N)C(=O)Nc2nnc(COc3ccccc3)s2)c1. The van der Waals surface area contributed by atoms with Crippen LogP contribution in [0.3, 0.4) is 0 Å². The van der Waals surface area contributed by atoms with Gasteiger partial charge in [0.25, 0.3) is 5.91 Å². The van der Waals surface area contributed by atoms with E-state index in [4.69, 9.17) is 4.74 Å². The predicted molar refractivity (Wildman–Crippen MR) is 128 cm³/mol. The summed E-state index contributed by atoms with van der Waals surface area (Å²) in [7, 11) is 0. The number of aryl methyl sites for hydroxylation is 2. The van der Waals surface area contributed by atoms with Crippen molar-refractivity contribution in [3.8, 4) is 17.5 Å². The molecule has 0 atom stereocenters. The van der Waals surface area contributed by atoms with E-state index in [1.165, 1.54) is 11.3 Å². The van der Waals surface area contributed by atoms with Crippen LogP contribution in [0.5, 0.6) is 5.75 Å². The largest absolute Gasteiger partial charge is 0.486 e. The average Bonchev–Trinajstić information content (AvgIpc) is 3.47. The van der Waals surface area contributed by atoms with Crippen LogP contribution in [0.4, 0.5) is 5.13 Å². The van der Waals surface area contributed by atoms with E-state index in [2.05, 4.69) is 21.6 Å². The molecule has 0 aliphatic rings. The number of nitrogens with one attached hydrogen (secondary N) is 1. The van der Waals surface area contributed by atoms with Crippen molar-refractivity contribution in [2.45, 2.75) is 20.5 Å². The van der Waals surface area contributed by atoms with Gasteiger partial charge in [-0.2, -0.15) is 5.26 Å². The van der Waals surface area contributed by atoms with Crippen LogP contribution in [0.1, 0.15) is 21.8 Å². The number of amides is 1. The first-order valence-corrected chi connectivity index (χ1v) is 11.0. The number of hydrogen-bond donors (Lipinski definition) is 1. The van der Waals surface area contributed by atoms with Crippen molar-refractivity contribution < 1.29 is 9.53 Å². The summed E-state index contributed by atoms with van der Waals surface area (Å²) in [6.45, 7) is 4.29. The Labute approximate surface area is 195 Å². The maximum atomic E-state index is 12.7. The summed E-state index contributed by atoms with van der Waals surface area (Å²) >= 11 is 1.20. The minimum absolute atomic E-state index is 0.0301. The van der Waals surface area contributed by atoms with Crippen molar-refractivity contribution in [2.24, 2.45) is 0 Å². The minimum Gasteiger partial charge on any atom is -0.486 e. The molecule has 0 saturated heterocycles. The molecule has 164 valence electrons. The summed E-state index contributed by atoms with van der Waals surface area (Å²) in [5.41, 5.74) is 3.91. The van der Waals surface area contributed by atoms with E-state index in [0.717, 1.165) is 28.3 Å². The number of para-hydroxylation sites is 1. The van der Waals surface area contributed by atoms with Gasteiger partial charge in [0.2, 0.25) is 5.13 Å². The molecule has 0 spiro atoms. The summed E-state index contributed by atoms with van der Waals surface area (Å²) in [5, 5.41) is 21.2. The molecule has 7 nitrogen and oxygen atoms in total. The number of carbonyl (C=O) groups is 1. The lowest BCUT2D eigenvalue weighted by molar-refractivity contribution is -0.112. The second-order valence-corrected chi connectivity index (χ2v) is 8.38. The fraction of sp³-hybridized carbons (Fsp3) is 0.120. The van der Waals surface area contributed by atoms with Gasteiger partial charge in [0.15, 0.2) is 5.01 Å². The molecule has 4 aromatic rings. The second-order valence-electron chi connectivity index (χ2n) is 7.32. The lowest BCUT2D eigenvalue weighted by Crippen LogP contribution is -2.13. The minimum atomic E-state index is -0.544. The molecular formula is C25H21N5O2S. The Balaban J connectivity index is 1.48. The number of benzene rings is 2. The number of ether oxygens (including phenoxy) is 1. The van der Waals surface area contributed by atoms with Gasteiger partial charge in [0.05, 0.1) is 0 Å². The lowest BCUT2D eigenvalue weighted by Gasteiger charge is -2.11. The highest BCUT2D eigenvalue weighted by molar-refractivity contribution is 7.15. The Bertz CT molecular complexity index is 1350. The molecule has 1 N–H and O–H groups in total. The van der Waals surface area contributed by atoms with Crippen LogP contribution < -0.4 is 10.1 Å². The molecule has 0 aliphatic carbocycles. The zero-order valence-corrected chi connectivity index (χ0v) is 19.0. The average molecular weight is 456 g/mol. The first-order valence-electron chi connectivity index (χ1n) is 10.2. The maximum absolute atomic E-state index is 12.7. The third-order valence-corrected chi connectivity index (χ3v) is 5.67. The van der Waals surface area contributed by atoms with E-state index < -0.39 is 5.91 Å². The normalized spacial score (nSPS) is 11.1. The van der Waals surface area contributed by atoms with Gasteiger partial charge >= 0.3 is 0 Å². The number of aromatic nitrogens is 3. The number of nitrogens with zero attached hydrogens (tertiary/aromatic N) is 4. The van der Waals surface area contributed by atoms with Gasteiger partial charge in [-0.1, -0.05) is 41.7 Å². The summed E-state index contributed by atoms with van der Waals surface area (Å²) in [5.74, 6) is 0.178. The van der Waals surface area contributed by atoms with E-state index in [9.17, 15) is 10.1 Å². The van der Waals surface area contributed by atoms with E-state index in [-0.39, 0.29) is 12.2 Å². The van der Waals surface area contributed by atoms with Crippen molar-refractivity contribution in [1.82, 2.24) is 14.8 Å². The molecule has 33 heavy (non-hydrogen) atoms. The fourth-order valence-electron chi connectivity index (χ4n) is 3.20. The summed E-state index contributed by atoms with van der Waals surface area (Å²) in [6, 6.07) is 21.3. The smallest absolute Gasteiger partial charge is 0.268 e. The highest BCUT2D eigenvalue weighted by Gasteiger charge is 2.15. The number of rotatable bonds is 7. The molecule has 2 aromatic heterocycles. The zero-order valence-electron chi connectivity index (χ0n) is 18.1. The summed E-state index contributed by atoms with van der Waals surface area (Å²) in [4.78, 5) is 12.7. The van der Waals surface area contributed by atoms with Crippen LogP contribution in [-0.4, -0.2) is 20.7 Å². The van der Waals surface area contributed by atoms with Crippen LogP contribution in [-0.2, 0) is 11.4 Å². The highest BCUT2D eigenvalue weighted by atomic mass is 32.1. The van der Waals surface area contributed by atoms with Gasteiger partial charge in [0, 0.05) is 17.6 Å². The second kappa shape index (κ2) is 9.94. The zero-order chi connectivity index (χ0) is 23.2. The standard InChI is InChI=1S/C25H21N5O2S/c1-17-10-11-18(2)22(13-17)30-12-6-7-20(30)14-19(15-26)24(31)27-25-29-28-23(33-25)16-32-21-8-4-3-5-9-21/h3-14H,16H2,1-2H3,(H,27,29,31)/b19-14-. The molecule has 0 unspecified atom stereocenters. The maximum Gasteiger partial charge on any atom is 0.268 e. The van der Waals surface area contributed by atoms with Gasteiger partial charge in [-0.3, -0.25) is 10.1 Å². The quantitative estimate of drug-likeness (QED) is 0.310. The van der Waals surface area contributed by atoms with Gasteiger partial charge in [-0.05, 0) is 61.4 Å². The number of carbonyl (C=O) groups excluding carboxylic acids is 1. The van der Waals surface area contributed by atoms with Crippen molar-refractivity contribution in [2.75, 3.05) is 5.32 Å². The molecule has 1 amide bonds. The van der Waals surface area contributed by atoms with Crippen molar-refractivity contribution in [1.29, 1.82) is 5.26 Å². The van der Waals surface area contributed by atoms with Gasteiger partial charge in [-0.25, -0.2) is 0 Å². The van der Waals surface area contributed by atoms with Crippen LogP contribution in [0.15, 0.2) is 72.4 Å². The Morgan fingerprint density at radius 3 is 2.76 bits per heavy atom. The fourth-order valence-corrected chi connectivity index (χ4v) is 3.84. The van der Waals surface area contributed by atoms with Crippen molar-refractivity contribution in [3.05, 3.63) is 94.3 Å². The Morgan fingerprint density at radius 2 is 1.97 bits per heavy atom. The lowest BCUT2D eigenvalue weighted by atomic mass is 10.1. The first-order chi connectivity index (χ1) is 16.0. The third-order valence-electron chi connectivity index (χ3n) is 4.85. The van der Waals surface area contributed by atoms with E-state index in [1.807, 2.05) is 85.3 Å². The Kier molecular flexibility index (Phi) is 6.62. The molecule has 2 aromatic carbocycles. The number of anilines is 1. The molecule has 4 rings (SSSR count). The van der Waals surface area contributed by atoms with Gasteiger partial charge < -0.3 is 9.30 Å². The highest BCUT2D eigenvalue weighted by Crippen LogP contribution is 2.22. The van der Waals surface area contributed by atoms with E-state index in [1.54, 1.807) is 6.08 Å². The van der Waals surface area contributed by atoms with E-state index >= 15 is 0 Å². The molecule has 0 saturated carbocycles. The Hall–Kier alpha value is -4.22. The van der Waals surface area contributed by atoms with Crippen LogP contribution >= 0.6 is 11.3 Å². The van der Waals surface area contributed by atoms with Crippen molar-refractivity contribution >= 4 is 28.5 Å². The summed E-state index contributed by atoms with van der Waals surface area (Å²) in [6.07, 6.45) is 3.47. The molecule has 0 fully saturated rings. The predicted octanol–water partition coefficient (Wildman–Crippen LogP) is 5.07. The monoisotopic (exact) mass is 455 g/mol. The summed E-state index contributed by atoms with van der Waals surface area (Å²) < 4.78 is 7.61. The molecule has 2 heterocycles. The van der Waals surface area contributed by atoms with Crippen LogP contribution in [0, 0.1) is 25.2 Å². The van der Waals surface area contributed by atoms with Crippen LogP contribution in [0.25, 0.3) is 11.8 Å². The molecule has 8 heteroatoms. The topological polar surface area (TPSA) is 92.8 Å². The molecule has 0 bridgehead atoms. The first kappa shape index (κ1) is 22.0. The van der Waals surface area contributed by atoms with Crippen molar-refractivity contribution in [3.63, 3.8) is 0 Å². The van der Waals surface area contributed by atoms with E-state index in [0.29, 0.717) is 10.1 Å². The van der Waals surface area contributed by atoms with Gasteiger partial charge in [-0.15, -0.1) is 10.2 Å².